The van der Waals surface area contributed by atoms with Gasteiger partial charge in [0.1, 0.15) is 18.1 Å². The number of anilines is 1. The second kappa shape index (κ2) is 8.57. The van der Waals surface area contributed by atoms with E-state index in [2.05, 4.69) is 5.32 Å². The maximum Gasteiger partial charge on any atom is 0.251 e. The van der Waals surface area contributed by atoms with Crippen LogP contribution in [0.1, 0.15) is 10.4 Å². The van der Waals surface area contributed by atoms with Crippen LogP contribution in [0.5, 0.6) is 11.5 Å². The fourth-order valence-electron chi connectivity index (χ4n) is 2.14. The summed E-state index contributed by atoms with van der Waals surface area (Å²) >= 11 is 0. The van der Waals surface area contributed by atoms with Crippen molar-refractivity contribution in [2.75, 3.05) is 37.9 Å². The van der Waals surface area contributed by atoms with Gasteiger partial charge >= 0.3 is 0 Å². The number of carbonyl (C=O) groups is 1. The Labute approximate surface area is 153 Å². The Morgan fingerprint density at radius 3 is 2.38 bits per heavy atom. The largest absolute Gasteiger partial charge is 0.497 e. The van der Waals surface area contributed by atoms with Crippen molar-refractivity contribution in [2.24, 2.45) is 0 Å². The van der Waals surface area contributed by atoms with Gasteiger partial charge in [-0.15, -0.1) is 0 Å². The fraction of sp³-hybridized carbons (Fsp3) is 0.278. The van der Waals surface area contributed by atoms with Crippen LogP contribution in [0.15, 0.2) is 48.5 Å². The van der Waals surface area contributed by atoms with Crippen LogP contribution in [-0.2, 0) is 10.0 Å². The van der Waals surface area contributed by atoms with Gasteiger partial charge in [0.25, 0.3) is 5.91 Å². The van der Waals surface area contributed by atoms with Crippen LogP contribution in [0, 0.1) is 0 Å². The van der Waals surface area contributed by atoms with E-state index in [0.717, 1.165) is 10.6 Å². The minimum Gasteiger partial charge on any atom is -0.497 e. The van der Waals surface area contributed by atoms with Crippen molar-refractivity contribution in [2.45, 2.75) is 0 Å². The van der Waals surface area contributed by atoms with Crippen molar-refractivity contribution in [3.8, 4) is 11.5 Å². The highest BCUT2D eigenvalue weighted by Crippen LogP contribution is 2.18. The van der Waals surface area contributed by atoms with Gasteiger partial charge in [-0.05, 0) is 36.4 Å². The molecule has 0 unspecified atom stereocenters. The molecule has 2 rings (SSSR count). The van der Waals surface area contributed by atoms with E-state index in [0.29, 0.717) is 35.9 Å². The van der Waals surface area contributed by atoms with Gasteiger partial charge in [0.05, 0.1) is 25.6 Å². The van der Waals surface area contributed by atoms with E-state index in [1.165, 1.54) is 7.05 Å². The van der Waals surface area contributed by atoms with Crippen LogP contribution in [0.25, 0.3) is 0 Å². The summed E-state index contributed by atoms with van der Waals surface area (Å²) in [5, 5.41) is 2.75. The van der Waals surface area contributed by atoms with Crippen molar-refractivity contribution in [1.82, 2.24) is 5.32 Å². The highest BCUT2D eigenvalue weighted by molar-refractivity contribution is 7.92. The van der Waals surface area contributed by atoms with E-state index in [9.17, 15) is 13.2 Å². The first kappa shape index (κ1) is 19.6. The number of benzene rings is 2. The molecule has 2 aromatic carbocycles. The van der Waals surface area contributed by atoms with E-state index in [4.69, 9.17) is 9.47 Å². The lowest BCUT2D eigenvalue weighted by molar-refractivity contribution is 0.0947. The van der Waals surface area contributed by atoms with Gasteiger partial charge in [0, 0.05) is 18.7 Å². The highest BCUT2D eigenvalue weighted by Gasteiger charge is 2.12. The zero-order chi connectivity index (χ0) is 19.2. The van der Waals surface area contributed by atoms with Crippen LogP contribution in [0.2, 0.25) is 0 Å². The quantitative estimate of drug-likeness (QED) is 0.709. The SMILES string of the molecule is COc1cccc(OCCNC(=O)c2ccc(N(C)S(C)(=O)=O)cc2)c1. The highest BCUT2D eigenvalue weighted by atomic mass is 32.2. The fourth-order valence-corrected chi connectivity index (χ4v) is 2.65. The lowest BCUT2D eigenvalue weighted by Crippen LogP contribution is -2.28. The zero-order valence-corrected chi connectivity index (χ0v) is 15.7. The van der Waals surface area contributed by atoms with E-state index >= 15 is 0 Å². The summed E-state index contributed by atoms with van der Waals surface area (Å²) in [4.78, 5) is 12.1. The molecule has 0 bridgehead atoms. The van der Waals surface area contributed by atoms with Gasteiger partial charge in [-0.25, -0.2) is 8.42 Å². The summed E-state index contributed by atoms with van der Waals surface area (Å²) in [6.07, 6.45) is 1.12. The van der Waals surface area contributed by atoms with Crippen molar-refractivity contribution in [1.29, 1.82) is 0 Å². The zero-order valence-electron chi connectivity index (χ0n) is 14.9. The van der Waals surface area contributed by atoms with Crippen molar-refractivity contribution < 1.29 is 22.7 Å². The summed E-state index contributed by atoms with van der Waals surface area (Å²) in [5.74, 6) is 1.10. The van der Waals surface area contributed by atoms with Crippen LogP contribution in [0.4, 0.5) is 5.69 Å². The number of nitrogens with one attached hydrogen (secondary N) is 1. The molecule has 0 aliphatic rings. The molecule has 0 saturated carbocycles. The molecule has 26 heavy (non-hydrogen) atoms. The molecule has 0 aromatic heterocycles. The standard InChI is InChI=1S/C18H22N2O5S/c1-20(26(3,22)23)15-9-7-14(8-10-15)18(21)19-11-12-25-17-6-4-5-16(13-17)24-2/h4-10,13H,11-12H2,1-3H3,(H,19,21). The Bertz CT molecular complexity index is 850. The van der Waals surface area contributed by atoms with Gasteiger partial charge < -0.3 is 14.8 Å². The molecule has 7 nitrogen and oxygen atoms in total. The number of carbonyl (C=O) groups excluding carboxylic acids is 1. The molecule has 2 aromatic rings. The van der Waals surface area contributed by atoms with Crippen molar-refractivity contribution in [3.05, 3.63) is 54.1 Å². The smallest absolute Gasteiger partial charge is 0.251 e. The summed E-state index contributed by atoms with van der Waals surface area (Å²) in [7, 11) is -0.290. The van der Waals surface area contributed by atoms with Gasteiger partial charge in [0.15, 0.2) is 0 Å². The third-order valence-corrected chi connectivity index (χ3v) is 4.89. The molecule has 0 spiro atoms. The summed E-state index contributed by atoms with van der Waals surface area (Å²) in [6.45, 7) is 0.648. The Morgan fingerprint density at radius 1 is 1.12 bits per heavy atom. The number of methoxy groups -OCH3 is 1. The Balaban J connectivity index is 1.84. The molecule has 0 heterocycles. The normalized spacial score (nSPS) is 10.9. The maximum absolute atomic E-state index is 12.1. The Hall–Kier alpha value is -2.74. The van der Waals surface area contributed by atoms with Crippen LogP contribution >= 0.6 is 0 Å². The molecule has 0 atom stereocenters. The maximum atomic E-state index is 12.1. The van der Waals surface area contributed by atoms with Gasteiger partial charge in [-0.3, -0.25) is 9.10 Å². The second-order valence-corrected chi connectivity index (χ2v) is 7.57. The van der Waals surface area contributed by atoms with E-state index in [1.54, 1.807) is 43.5 Å². The molecule has 0 saturated heterocycles. The van der Waals surface area contributed by atoms with Crippen LogP contribution in [-0.4, -0.2) is 47.9 Å². The predicted octanol–water partition coefficient (Wildman–Crippen LogP) is 1.90. The minimum atomic E-state index is -3.33. The van der Waals surface area contributed by atoms with Crippen LogP contribution < -0.4 is 19.1 Å². The third-order valence-electron chi connectivity index (χ3n) is 3.69. The summed E-state index contributed by atoms with van der Waals surface area (Å²) < 4.78 is 34.8. The van der Waals surface area contributed by atoms with E-state index in [-0.39, 0.29) is 5.91 Å². The molecule has 140 valence electrons. The lowest BCUT2D eigenvalue weighted by atomic mass is 10.2. The number of hydrogen-bond donors (Lipinski definition) is 1. The number of sulfonamides is 1. The van der Waals surface area contributed by atoms with Crippen molar-refractivity contribution >= 4 is 21.6 Å². The second-order valence-electron chi connectivity index (χ2n) is 5.56. The topological polar surface area (TPSA) is 84.9 Å². The number of ether oxygens (including phenoxy) is 2. The molecular weight excluding hydrogens is 356 g/mol. The predicted molar refractivity (Wildman–Crippen MR) is 101 cm³/mol. The molecule has 0 aliphatic carbocycles. The molecule has 1 N–H and O–H groups in total. The van der Waals surface area contributed by atoms with Gasteiger partial charge in [-0.1, -0.05) is 6.07 Å². The average Bonchev–Trinajstić information content (AvgIpc) is 2.64. The van der Waals surface area contributed by atoms with Crippen molar-refractivity contribution in [3.63, 3.8) is 0 Å². The monoisotopic (exact) mass is 378 g/mol. The van der Waals surface area contributed by atoms with E-state index in [1.807, 2.05) is 12.1 Å². The molecule has 0 radical (unpaired) electrons. The number of nitrogens with zero attached hydrogens (tertiary/aromatic N) is 1. The minimum absolute atomic E-state index is 0.257. The number of rotatable bonds is 8. The number of amides is 1. The molecule has 8 heteroatoms. The molecule has 1 amide bonds. The van der Waals surface area contributed by atoms with E-state index < -0.39 is 10.0 Å². The first-order chi connectivity index (χ1) is 12.3. The Kier molecular flexibility index (Phi) is 6.46. The first-order valence-corrected chi connectivity index (χ1v) is 9.75. The first-order valence-electron chi connectivity index (χ1n) is 7.90. The number of hydrogen-bond acceptors (Lipinski definition) is 5. The van der Waals surface area contributed by atoms with Gasteiger partial charge in [0.2, 0.25) is 10.0 Å². The summed E-state index contributed by atoms with van der Waals surface area (Å²) in [5.41, 5.74) is 0.933. The molecule has 0 fully saturated rings. The Morgan fingerprint density at radius 2 is 1.77 bits per heavy atom. The van der Waals surface area contributed by atoms with Gasteiger partial charge in [-0.2, -0.15) is 0 Å². The lowest BCUT2D eigenvalue weighted by Gasteiger charge is -2.16. The molecule has 0 aliphatic heterocycles. The third kappa shape index (κ3) is 5.38. The molecular formula is C18H22N2O5S. The van der Waals surface area contributed by atoms with Crippen LogP contribution in [0.3, 0.4) is 0 Å². The summed E-state index contributed by atoms with van der Waals surface area (Å²) in [6, 6.07) is 13.5. The average molecular weight is 378 g/mol.